The highest BCUT2D eigenvalue weighted by molar-refractivity contribution is 7.91. The van der Waals surface area contributed by atoms with Crippen molar-refractivity contribution in [1.29, 1.82) is 0 Å². The maximum Gasteiger partial charge on any atom is 0.320 e. The standard InChI is InChI=1S/C31H42F2N2O4S.2ClH/c1-3-21(2)30(31(36)37)34-27-18-24(29(19-27)23-5-4-6-26(33)17-23)20-35-14-11-22(12-15-35)13-16-40(38,39)28-9-7-25(32)8-10-28;;/h4-10,17,21-22,24,27,29-30,34H,3,11-16,18-20H2,1-2H3,(H,36,37);2*1H/t21-,24?,27?,29?,30-;;/m1../s1. The van der Waals surface area contributed by atoms with Gasteiger partial charge in [-0.25, -0.2) is 17.2 Å². The highest BCUT2D eigenvalue weighted by Crippen LogP contribution is 2.41. The van der Waals surface area contributed by atoms with Crippen molar-refractivity contribution in [1.82, 2.24) is 10.2 Å². The quantitative estimate of drug-likeness (QED) is 0.261. The maximum absolute atomic E-state index is 14.1. The summed E-state index contributed by atoms with van der Waals surface area (Å²) in [5.74, 6) is -0.755. The third-order valence-electron chi connectivity index (χ3n) is 9.03. The van der Waals surface area contributed by atoms with E-state index in [0.717, 1.165) is 57.3 Å². The van der Waals surface area contributed by atoms with Crippen LogP contribution in [0, 0.1) is 29.4 Å². The molecule has 2 aromatic rings. The Bertz CT molecular complexity index is 1240. The summed E-state index contributed by atoms with van der Waals surface area (Å²) in [5, 5.41) is 13.2. The van der Waals surface area contributed by atoms with Crippen LogP contribution in [0.3, 0.4) is 0 Å². The van der Waals surface area contributed by atoms with E-state index in [-0.39, 0.29) is 65.1 Å². The van der Waals surface area contributed by atoms with Crippen molar-refractivity contribution in [3.8, 4) is 0 Å². The number of nitrogens with one attached hydrogen (secondary N) is 1. The average Bonchev–Trinajstić information content (AvgIpc) is 3.33. The Morgan fingerprint density at radius 1 is 1.05 bits per heavy atom. The van der Waals surface area contributed by atoms with Gasteiger partial charge in [-0.15, -0.1) is 24.8 Å². The molecule has 0 spiro atoms. The third-order valence-corrected chi connectivity index (χ3v) is 10.8. The molecule has 1 heterocycles. The number of piperidine rings is 1. The Morgan fingerprint density at radius 2 is 1.71 bits per heavy atom. The summed E-state index contributed by atoms with van der Waals surface area (Å²) in [6, 6.07) is 11.2. The molecule has 1 saturated carbocycles. The fraction of sp³-hybridized carbons (Fsp3) is 0.581. The van der Waals surface area contributed by atoms with E-state index in [9.17, 15) is 27.1 Å². The van der Waals surface area contributed by atoms with E-state index in [2.05, 4.69) is 10.2 Å². The van der Waals surface area contributed by atoms with Gasteiger partial charge in [0.2, 0.25) is 0 Å². The lowest BCUT2D eigenvalue weighted by Crippen LogP contribution is -2.46. The third kappa shape index (κ3) is 9.61. The highest BCUT2D eigenvalue weighted by atomic mass is 35.5. The van der Waals surface area contributed by atoms with Gasteiger partial charge in [0.15, 0.2) is 9.84 Å². The summed E-state index contributed by atoms with van der Waals surface area (Å²) >= 11 is 0. The van der Waals surface area contributed by atoms with Crippen LogP contribution in [0.5, 0.6) is 0 Å². The van der Waals surface area contributed by atoms with Gasteiger partial charge in [-0.1, -0.05) is 32.4 Å². The molecule has 2 N–H and O–H groups in total. The largest absolute Gasteiger partial charge is 0.480 e. The Kier molecular flexibility index (Phi) is 14.2. The predicted molar refractivity (Wildman–Crippen MR) is 166 cm³/mol. The summed E-state index contributed by atoms with van der Waals surface area (Å²) in [6.07, 6.45) is 4.78. The molecule has 6 nitrogen and oxygen atoms in total. The number of sulfone groups is 1. The molecule has 11 heteroatoms. The number of nitrogens with zero attached hydrogens (tertiary/aromatic N) is 1. The summed E-state index contributed by atoms with van der Waals surface area (Å²) in [5.41, 5.74) is 0.964. The number of likely N-dealkylation sites (tertiary alicyclic amines) is 1. The van der Waals surface area contributed by atoms with Crippen LogP contribution in [0.25, 0.3) is 0 Å². The first-order valence-electron chi connectivity index (χ1n) is 14.5. The van der Waals surface area contributed by atoms with Gasteiger partial charge >= 0.3 is 5.97 Å². The number of hydrogen-bond donors (Lipinski definition) is 2. The topological polar surface area (TPSA) is 86.7 Å². The van der Waals surface area contributed by atoms with Gasteiger partial charge in [-0.2, -0.15) is 0 Å². The van der Waals surface area contributed by atoms with Crippen molar-refractivity contribution >= 4 is 40.6 Å². The molecule has 5 atom stereocenters. The molecule has 0 aromatic heterocycles. The normalized spacial score (nSPS) is 23.0. The Labute approximate surface area is 261 Å². The lowest BCUT2D eigenvalue weighted by atomic mass is 9.87. The molecule has 0 amide bonds. The summed E-state index contributed by atoms with van der Waals surface area (Å²) in [4.78, 5) is 14.5. The van der Waals surface area contributed by atoms with E-state index in [1.807, 2.05) is 19.9 Å². The van der Waals surface area contributed by atoms with E-state index in [1.54, 1.807) is 12.1 Å². The average molecular weight is 650 g/mol. The zero-order valence-corrected chi connectivity index (χ0v) is 26.7. The molecule has 4 rings (SSSR count). The molecule has 3 unspecified atom stereocenters. The van der Waals surface area contributed by atoms with Crippen LogP contribution in [0.1, 0.15) is 63.9 Å². The second kappa shape index (κ2) is 16.3. The van der Waals surface area contributed by atoms with Crippen LogP contribution in [0.15, 0.2) is 53.4 Å². The minimum atomic E-state index is -3.44. The molecular weight excluding hydrogens is 605 g/mol. The van der Waals surface area contributed by atoms with Crippen LogP contribution in [0.2, 0.25) is 0 Å². The molecule has 2 aromatic carbocycles. The Balaban J connectivity index is 0.00000308. The molecule has 2 aliphatic rings. The Hall–Kier alpha value is -1.78. The lowest BCUT2D eigenvalue weighted by Gasteiger charge is -2.35. The molecule has 1 aliphatic carbocycles. The van der Waals surface area contributed by atoms with Gasteiger partial charge in [0.1, 0.15) is 17.7 Å². The number of benzene rings is 2. The number of halogens is 4. The van der Waals surface area contributed by atoms with Crippen molar-refractivity contribution in [2.24, 2.45) is 17.8 Å². The van der Waals surface area contributed by atoms with Crippen molar-refractivity contribution in [2.45, 2.75) is 75.3 Å². The fourth-order valence-corrected chi connectivity index (χ4v) is 7.88. The number of carboxylic acid groups (broad SMARTS) is 1. The number of carboxylic acids is 1. The minimum absolute atomic E-state index is 0. The SMILES string of the molecule is CC[C@@H](C)[C@@H](NC1CC(CN2CCC(CCS(=O)(=O)c3ccc(F)cc3)CC2)C(c2cccc(F)c2)C1)C(=O)O.Cl.Cl. The molecule has 2 fully saturated rings. The van der Waals surface area contributed by atoms with Crippen LogP contribution >= 0.6 is 24.8 Å². The van der Waals surface area contributed by atoms with E-state index < -0.39 is 27.7 Å². The van der Waals surface area contributed by atoms with Gasteiger partial charge in [-0.3, -0.25) is 4.79 Å². The number of rotatable bonds is 12. The smallest absolute Gasteiger partial charge is 0.320 e. The van der Waals surface area contributed by atoms with Crippen LogP contribution < -0.4 is 5.32 Å². The fourth-order valence-electron chi connectivity index (χ4n) is 6.45. The molecule has 0 bridgehead atoms. The molecule has 0 radical (unpaired) electrons. The maximum atomic E-state index is 14.1. The molecule has 42 heavy (non-hydrogen) atoms. The van der Waals surface area contributed by atoms with Crippen molar-refractivity contribution in [3.05, 3.63) is 65.7 Å². The van der Waals surface area contributed by atoms with E-state index in [4.69, 9.17) is 0 Å². The van der Waals surface area contributed by atoms with Gasteiger partial charge in [-0.05, 0) is 111 Å². The monoisotopic (exact) mass is 648 g/mol. The number of aliphatic carboxylic acids is 1. The van der Waals surface area contributed by atoms with Gasteiger partial charge < -0.3 is 15.3 Å². The lowest BCUT2D eigenvalue weighted by molar-refractivity contribution is -0.141. The summed E-state index contributed by atoms with van der Waals surface area (Å²) in [6.45, 7) is 6.54. The van der Waals surface area contributed by atoms with Gasteiger partial charge in [0, 0.05) is 12.6 Å². The zero-order valence-electron chi connectivity index (χ0n) is 24.3. The first-order valence-corrected chi connectivity index (χ1v) is 16.2. The summed E-state index contributed by atoms with van der Waals surface area (Å²) < 4.78 is 52.7. The van der Waals surface area contributed by atoms with Crippen LogP contribution in [-0.4, -0.2) is 61.9 Å². The second-order valence-electron chi connectivity index (χ2n) is 11.8. The van der Waals surface area contributed by atoms with Gasteiger partial charge in [0.25, 0.3) is 0 Å². The molecule has 236 valence electrons. The first kappa shape index (κ1) is 36.4. The first-order chi connectivity index (χ1) is 19.1. The predicted octanol–water partition coefficient (Wildman–Crippen LogP) is 6.34. The highest BCUT2D eigenvalue weighted by Gasteiger charge is 2.39. The van der Waals surface area contributed by atoms with E-state index >= 15 is 0 Å². The van der Waals surface area contributed by atoms with Crippen LogP contribution in [-0.2, 0) is 14.6 Å². The van der Waals surface area contributed by atoms with Crippen molar-refractivity contribution in [2.75, 3.05) is 25.4 Å². The number of carbonyl (C=O) groups is 1. The zero-order chi connectivity index (χ0) is 28.9. The second-order valence-corrected chi connectivity index (χ2v) is 13.9. The number of hydrogen-bond acceptors (Lipinski definition) is 5. The molecular formula is C31H44Cl2F2N2O4S. The Morgan fingerprint density at radius 3 is 2.31 bits per heavy atom. The molecule has 1 aliphatic heterocycles. The minimum Gasteiger partial charge on any atom is -0.480 e. The molecule has 1 saturated heterocycles. The van der Waals surface area contributed by atoms with E-state index in [0.29, 0.717) is 12.3 Å². The van der Waals surface area contributed by atoms with Gasteiger partial charge in [0.05, 0.1) is 10.6 Å². The van der Waals surface area contributed by atoms with Crippen LogP contribution in [0.4, 0.5) is 8.78 Å². The van der Waals surface area contributed by atoms with E-state index in [1.165, 1.54) is 30.3 Å². The van der Waals surface area contributed by atoms with Crippen molar-refractivity contribution < 1.29 is 27.1 Å². The summed E-state index contributed by atoms with van der Waals surface area (Å²) in [7, 11) is -3.44. The van der Waals surface area contributed by atoms with Crippen molar-refractivity contribution in [3.63, 3.8) is 0 Å².